The maximum Gasteiger partial charge on any atom is 0.287 e. The Morgan fingerprint density at radius 1 is 0.971 bits per heavy atom. The summed E-state index contributed by atoms with van der Waals surface area (Å²) in [4.78, 5) is 35.8. The number of hydrazone groups is 1. The monoisotopic (exact) mass is 472 g/mol. The van der Waals surface area contributed by atoms with Gasteiger partial charge in [-0.2, -0.15) is 5.10 Å². The Bertz CT molecular complexity index is 1220. The minimum absolute atomic E-state index is 0.0121. The number of benzene rings is 3. The van der Waals surface area contributed by atoms with E-state index in [1.165, 1.54) is 36.6 Å². The Morgan fingerprint density at radius 3 is 2.26 bits per heavy atom. The van der Waals surface area contributed by atoms with Crippen molar-refractivity contribution in [3.05, 3.63) is 111 Å². The van der Waals surface area contributed by atoms with Crippen molar-refractivity contribution in [3.8, 4) is 5.75 Å². The molecule has 9 heteroatoms. The van der Waals surface area contributed by atoms with Gasteiger partial charge in [-0.15, -0.1) is 0 Å². The number of nitrogens with one attached hydrogen (secondary N) is 2. The minimum Gasteiger partial charge on any atom is -0.494 e. The first-order valence-electron chi connectivity index (χ1n) is 10.8. The normalized spacial score (nSPS) is 11.2. The summed E-state index contributed by atoms with van der Waals surface area (Å²) in [6.07, 6.45) is 3.76. The highest BCUT2D eigenvalue weighted by Crippen LogP contribution is 2.15. The number of rotatable bonds is 10. The lowest BCUT2D eigenvalue weighted by Crippen LogP contribution is -2.32. The molecule has 3 rings (SSSR count). The third-order valence-electron chi connectivity index (χ3n) is 4.68. The van der Waals surface area contributed by atoms with Crippen molar-refractivity contribution in [1.82, 2.24) is 10.7 Å². The molecule has 0 fully saturated rings. The van der Waals surface area contributed by atoms with E-state index in [1.54, 1.807) is 54.6 Å². The molecular formula is C26H24N4O5. The maximum atomic E-state index is 12.8. The van der Waals surface area contributed by atoms with Gasteiger partial charge in [0.05, 0.1) is 17.7 Å². The largest absolute Gasteiger partial charge is 0.494 e. The van der Waals surface area contributed by atoms with Crippen molar-refractivity contribution in [2.75, 3.05) is 6.61 Å². The van der Waals surface area contributed by atoms with Crippen molar-refractivity contribution >= 4 is 29.8 Å². The van der Waals surface area contributed by atoms with Crippen molar-refractivity contribution in [1.29, 1.82) is 0 Å². The second-order valence-corrected chi connectivity index (χ2v) is 7.34. The molecule has 2 amide bonds. The predicted octanol–water partition coefficient (Wildman–Crippen LogP) is 4.30. The SMILES string of the molecule is CCCOc1ccc(/C=C(\NC(=O)c2ccccc2)C(=O)N/N=C/c2ccc([N+](=O)[O-])cc2)cc1. The third-order valence-corrected chi connectivity index (χ3v) is 4.68. The van der Waals surface area contributed by atoms with Gasteiger partial charge in [0.15, 0.2) is 0 Å². The van der Waals surface area contributed by atoms with Crippen LogP contribution in [0.1, 0.15) is 34.8 Å². The highest BCUT2D eigenvalue weighted by atomic mass is 16.6. The van der Waals surface area contributed by atoms with Gasteiger partial charge in [-0.05, 0) is 60.0 Å². The molecule has 0 heterocycles. The highest BCUT2D eigenvalue weighted by molar-refractivity contribution is 6.05. The zero-order chi connectivity index (χ0) is 25.0. The molecule has 178 valence electrons. The van der Waals surface area contributed by atoms with Gasteiger partial charge in [0, 0.05) is 17.7 Å². The Hall–Kier alpha value is -4.79. The lowest BCUT2D eigenvalue weighted by atomic mass is 10.1. The van der Waals surface area contributed by atoms with Gasteiger partial charge in [-0.25, -0.2) is 5.43 Å². The van der Waals surface area contributed by atoms with Gasteiger partial charge >= 0.3 is 0 Å². The number of nitrogens with zero attached hydrogens (tertiary/aromatic N) is 2. The van der Waals surface area contributed by atoms with Gasteiger partial charge in [0.1, 0.15) is 11.4 Å². The molecule has 0 saturated heterocycles. The fourth-order valence-electron chi connectivity index (χ4n) is 2.90. The van der Waals surface area contributed by atoms with E-state index in [0.29, 0.717) is 29.0 Å². The summed E-state index contributed by atoms with van der Waals surface area (Å²) >= 11 is 0. The first-order chi connectivity index (χ1) is 17.0. The van der Waals surface area contributed by atoms with E-state index in [1.807, 2.05) is 6.92 Å². The molecule has 35 heavy (non-hydrogen) atoms. The topological polar surface area (TPSA) is 123 Å². The van der Waals surface area contributed by atoms with Crippen LogP contribution >= 0.6 is 0 Å². The third kappa shape index (κ3) is 7.64. The van der Waals surface area contributed by atoms with Crippen LogP contribution in [0.4, 0.5) is 5.69 Å². The number of carbonyl (C=O) groups excluding carboxylic acids is 2. The summed E-state index contributed by atoms with van der Waals surface area (Å²) < 4.78 is 5.57. The van der Waals surface area contributed by atoms with Crippen LogP contribution in [0.25, 0.3) is 6.08 Å². The average molecular weight is 473 g/mol. The van der Waals surface area contributed by atoms with E-state index in [9.17, 15) is 19.7 Å². The van der Waals surface area contributed by atoms with Gasteiger partial charge in [-0.1, -0.05) is 37.3 Å². The van der Waals surface area contributed by atoms with Crippen LogP contribution < -0.4 is 15.5 Å². The van der Waals surface area contributed by atoms with E-state index in [4.69, 9.17) is 4.74 Å². The lowest BCUT2D eigenvalue weighted by molar-refractivity contribution is -0.384. The van der Waals surface area contributed by atoms with Crippen LogP contribution in [-0.2, 0) is 4.79 Å². The summed E-state index contributed by atoms with van der Waals surface area (Å²) in [6.45, 7) is 2.62. The number of hydrogen-bond acceptors (Lipinski definition) is 6. The van der Waals surface area contributed by atoms with Crippen LogP contribution in [0.2, 0.25) is 0 Å². The maximum absolute atomic E-state index is 12.8. The first-order valence-corrected chi connectivity index (χ1v) is 10.8. The van der Waals surface area contributed by atoms with Crippen molar-refractivity contribution in [3.63, 3.8) is 0 Å². The number of ether oxygens (including phenoxy) is 1. The van der Waals surface area contributed by atoms with Crippen molar-refractivity contribution in [2.24, 2.45) is 5.10 Å². The van der Waals surface area contributed by atoms with E-state index >= 15 is 0 Å². The van der Waals surface area contributed by atoms with E-state index in [2.05, 4.69) is 15.8 Å². The number of nitro benzene ring substituents is 1. The summed E-state index contributed by atoms with van der Waals surface area (Å²) in [5, 5.41) is 17.3. The highest BCUT2D eigenvalue weighted by Gasteiger charge is 2.14. The van der Waals surface area contributed by atoms with Gasteiger partial charge in [0.2, 0.25) is 0 Å². The smallest absolute Gasteiger partial charge is 0.287 e. The fraction of sp³-hybridized carbons (Fsp3) is 0.115. The average Bonchev–Trinajstić information content (AvgIpc) is 2.88. The molecule has 0 aliphatic carbocycles. The molecular weight excluding hydrogens is 448 g/mol. The Morgan fingerprint density at radius 2 is 1.63 bits per heavy atom. The van der Waals surface area contributed by atoms with Crippen LogP contribution in [0.15, 0.2) is 89.7 Å². The second-order valence-electron chi connectivity index (χ2n) is 7.34. The van der Waals surface area contributed by atoms with Gasteiger partial charge in [-0.3, -0.25) is 19.7 Å². The molecule has 0 atom stereocenters. The molecule has 2 N–H and O–H groups in total. The molecule has 0 radical (unpaired) electrons. The van der Waals surface area contributed by atoms with Gasteiger partial charge < -0.3 is 10.1 Å². The summed E-state index contributed by atoms with van der Waals surface area (Å²) in [7, 11) is 0. The molecule has 0 aliphatic rings. The standard InChI is InChI=1S/C26H24N4O5/c1-2-16-35-23-14-10-19(11-15-23)17-24(28-25(31)21-6-4-3-5-7-21)26(32)29-27-18-20-8-12-22(13-9-20)30(33)34/h3-15,17-18H,2,16H2,1H3,(H,28,31)(H,29,32)/b24-17-,27-18+. The van der Waals surface area contributed by atoms with E-state index in [-0.39, 0.29) is 11.4 Å². The van der Waals surface area contributed by atoms with Crippen LogP contribution in [-0.4, -0.2) is 29.6 Å². The van der Waals surface area contributed by atoms with Gasteiger partial charge in [0.25, 0.3) is 17.5 Å². The molecule has 3 aromatic carbocycles. The quantitative estimate of drug-likeness (QED) is 0.197. The Kier molecular flexibility index (Phi) is 8.84. The number of carbonyl (C=O) groups is 2. The number of non-ortho nitro benzene ring substituents is 1. The summed E-state index contributed by atoms with van der Waals surface area (Å²) in [5.74, 6) is -0.385. The first kappa shape index (κ1) is 24.8. The summed E-state index contributed by atoms with van der Waals surface area (Å²) in [5.41, 5.74) is 3.93. The van der Waals surface area contributed by atoms with E-state index < -0.39 is 16.7 Å². The van der Waals surface area contributed by atoms with Crippen molar-refractivity contribution < 1.29 is 19.2 Å². The molecule has 0 spiro atoms. The zero-order valence-electron chi connectivity index (χ0n) is 19.0. The minimum atomic E-state index is -0.640. The van der Waals surface area contributed by atoms with Crippen LogP contribution in [0.5, 0.6) is 5.75 Å². The zero-order valence-corrected chi connectivity index (χ0v) is 19.0. The Balaban J connectivity index is 1.77. The van der Waals surface area contributed by atoms with E-state index in [0.717, 1.165) is 6.42 Å². The predicted molar refractivity (Wildman–Crippen MR) is 133 cm³/mol. The Labute approximate surface area is 202 Å². The number of nitro groups is 1. The molecule has 3 aromatic rings. The number of amides is 2. The molecule has 0 unspecified atom stereocenters. The fourth-order valence-corrected chi connectivity index (χ4v) is 2.90. The number of hydrogen-bond donors (Lipinski definition) is 2. The van der Waals surface area contributed by atoms with Crippen LogP contribution in [0.3, 0.4) is 0 Å². The molecule has 0 saturated carbocycles. The summed E-state index contributed by atoms with van der Waals surface area (Å²) in [6, 6.07) is 21.3. The molecule has 0 aliphatic heterocycles. The van der Waals surface area contributed by atoms with Crippen LogP contribution in [0, 0.1) is 10.1 Å². The molecule has 0 bridgehead atoms. The molecule has 0 aromatic heterocycles. The molecule has 9 nitrogen and oxygen atoms in total. The lowest BCUT2D eigenvalue weighted by Gasteiger charge is -2.10. The van der Waals surface area contributed by atoms with Crippen molar-refractivity contribution in [2.45, 2.75) is 13.3 Å². The second kappa shape index (κ2) is 12.4.